The zero-order chi connectivity index (χ0) is 9.07. The first-order chi connectivity index (χ1) is 4.84. The van der Waals surface area contributed by atoms with Crippen LogP contribution in [-0.2, 0) is 14.3 Å². The molecule has 1 amide bonds. The molecule has 0 aliphatic rings. The highest BCUT2D eigenvalue weighted by molar-refractivity contribution is 5.82. The Hall–Kier alpha value is -1.13. The molecule has 0 aromatic rings. The number of halogens is 1. The summed E-state index contributed by atoms with van der Waals surface area (Å²) in [4.78, 5) is 20.6. The SMILES string of the molecule is CC(C)(F)C(=O)OCC(N)=O. The highest BCUT2D eigenvalue weighted by atomic mass is 19.1. The molecule has 11 heavy (non-hydrogen) atoms. The Kier molecular flexibility index (Phi) is 2.98. The van der Waals surface area contributed by atoms with Crippen molar-refractivity contribution in [2.45, 2.75) is 19.5 Å². The molecular formula is C6H10FNO3. The lowest BCUT2D eigenvalue weighted by Gasteiger charge is -2.11. The minimum absolute atomic E-state index is 0.577. The van der Waals surface area contributed by atoms with Crippen molar-refractivity contribution in [1.82, 2.24) is 0 Å². The number of primary amides is 1. The van der Waals surface area contributed by atoms with Crippen LogP contribution >= 0.6 is 0 Å². The predicted octanol–water partition coefficient (Wildman–Crippen LogP) is -0.237. The van der Waals surface area contributed by atoms with Crippen LogP contribution in [0.5, 0.6) is 0 Å². The van der Waals surface area contributed by atoms with Crippen molar-refractivity contribution < 1.29 is 18.7 Å². The molecule has 64 valence electrons. The summed E-state index contributed by atoms with van der Waals surface area (Å²) in [6.45, 7) is 1.50. The van der Waals surface area contributed by atoms with E-state index in [1.807, 2.05) is 0 Å². The van der Waals surface area contributed by atoms with Crippen LogP contribution < -0.4 is 5.73 Å². The van der Waals surface area contributed by atoms with Gasteiger partial charge in [-0.1, -0.05) is 0 Å². The molecule has 0 bridgehead atoms. The molecule has 0 radical (unpaired) electrons. The Morgan fingerprint density at radius 3 is 2.27 bits per heavy atom. The van der Waals surface area contributed by atoms with Gasteiger partial charge in [0.2, 0.25) is 5.67 Å². The van der Waals surface area contributed by atoms with Crippen molar-refractivity contribution >= 4 is 11.9 Å². The summed E-state index contributed by atoms with van der Waals surface area (Å²) < 4.78 is 16.8. The fourth-order valence-corrected chi connectivity index (χ4v) is 0.308. The van der Waals surface area contributed by atoms with Crippen LogP contribution in [0.4, 0.5) is 4.39 Å². The maximum atomic E-state index is 12.6. The van der Waals surface area contributed by atoms with E-state index >= 15 is 0 Å². The minimum atomic E-state index is -2.07. The number of ether oxygens (including phenoxy) is 1. The zero-order valence-corrected chi connectivity index (χ0v) is 6.39. The van der Waals surface area contributed by atoms with Crippen molar-refractivity contribution in [3.8, 4) is 0 Å². The summed E-state index contributed by atoms with van der Waals surface area (Å²) in [5.41, 5.74) is 2.57. The molecule has 0 aromatic carbocycles. The summed E-state index contributed by atoms with van der Waals surface area (Å²) in [6, 6.07) is 0. The van der Waals surface area contributed by atoms with Gasteiger partial charge in [-0.2, -0.15) is 0 Å². The number of carbonyl (C=O) groups excluding carboxylic acids is 2. The summed E-state index contributed by atoms with van der Waals surface area (Å²) in [5.74, 6) is -1.89. The second-order valence-electron chi connectivity index (χ2n) is 2.51. The monoisotopic (exact) mass is 163 g/mol. The molecule has 0 heterocycles. The van der Waals surface area contributed by atoms with Crippen LogP contribution in [0.3, 0.4) is 0 Å². The van der Waals surface area contributed by atoms with Crippen molar-refractivity contribution in [3.63, 3.8) is 0 Å². The summed E-state index contributed by atoms with van der Waals surface area (Å²) in [6.07, 6.45) is 0. The third-order valence-electron chi connectivity index (χ3n) is 0.831. The van der Waals surface area contributed by atoms with Crippen molar-refractivity contribution in [3.05, 3.63) is 0 Å². The summed E-state index contributed by atoms with van der Waals surface area (Å²) >= 11 is 0. The molecule has 4 nitrogen and oxygen atoms in total. The van der Waals surface area contributed by atoms with Crippen molar-refractivity contribution in [2.75, 3.05) is 6.61 Å². The Morgan fingerprint density at radius 2 is 2.00 bits per heavy atom. The average Bonchev–Trinajstić information content (AvgIpc) is 1.80. The van der Waals surface area contributed by atoms with E-state index < -0.39 is 24.2 Å². The molecule has 0 atom stereocenters. The number of esters is 1. The number of nitrogens with two attached hydrogens (primary N) is 1. The predicted molar refractivity (Wildman–Crippen MR) is 35.3 cm³/mol. The number of amides is 1. The van der Waals surface area contributed by atoms with Gasteiger partial charge >= 0.3 is 5.97 Å². The zero-order valence-electron chi connectivity index (χ0n) is 6.39. The second-order valence-corrected chi connectivity index (χ2v) is 2.51. The van der Waals surface area contributed by atoms with Crippen LogP contribution in [0.15, 0.2) is 0 Å². The minimum Gasteiger partial charge on any atom is -0.453 e. The number of alkyl halides is 1. The lowest BCUT2D eigenvalue weighted by atomic mass is 10.2. The third kappa shape index (κ3) is 4.30. The van der Waals surface area contributed by atoms with Gasteiger partial charge in [0.25, 0.3) is 5.91 Å². The van der Waals surface area contributed by atoms with Gasteiger partial charge in [0.15, 0.2) is 6.61 Å². The standard InChI is InChI=1S/C6H10FNO3/c1-6(2,7)5(10)11-3-4(8)9/h3H2,1-2H3,(H2,8,9). The van der Waals surface area contributed by atoms with E-state index in [9.17, 15) is 14.0 Å². The first-order valence-electron chi connectivity index (χ1n) is 2.98. The van der Waals surface area contributed by atoms with E-state index in [1.54, 1.807) is 0 Å². The Labute approximate surface area is 63.5 Å². The molecule has 0 spiro atoms. The molecule has 0 aromatic heterocycles. The molecule has 0 rings (SSSR count). The highest BCUT2D eigenvalue weighted by Gasteiger charge is 2.28. The lowest BCUT2D eigenvalue weighted by Crippen LogP contribution is -2.31. The Morgan fingerprint density at radius 1 is 1.55 bits per heavy atom. The summed E-state index contributed by atoms with van der Waals surface area (Å²) in [7, 11) is 0. The fourth-order valence-electron chi connectivity index (χ4n) is 0.308. The van der Waals surface area contributed by atoms with Gasteiger partial charge in [-0.3, -0.25) is 4.79 Å². The van der Waals surface area contributed by atoms with Crippen LogP contribution in [0, 0.1) is 0 Å². The number of hydrogen-bond acceptors (Lipinski definition) is 3. The number of hydrogen-bond donors (Lipinski definition) is 1. The van der Waals surface area contributed by atoms with E-state index in [4.69, 9.17) is 0 Å². The van der Waals surface area contributed by atoms with E-state index in [0.717, 1.165) is 13.8 Å². The van der Waals surface area contributed by atoms with E-state index in [2.05, 4.69) is 10.5 Å². The molecule has 5 heteroatoms. The first-order valence-corrected chi connectivity index (χ1v) is 2.98. The van der Waals surface area contributed by atoms with Gasteiger partial charge in [0, 0.05) is 0 Å². The quantitative estimate of drug-likeness (QED) is 0.584. The Bertz CT molecular complexity index is 173. The fraction of sp³-hybridized carbons (Fsp3) is 0.667. The molecule has 2 N–H and O–H groups in total. The van der Waals surface area contributed by atoms with Gasteiger partial charge in [-0.15, -0.1) is 0 Å². The smallest absolute Gasteiger partial charge is 0.343 e. The molecule has 0 fully saturated rings. The maximum Gasteiger partial charge on any atom is 0.343 e. The van der Waals surface area contributed by atoms with E-state index in [0.29, 0.717) is 0 Å². The molecular weight excluding hydrogens is 153 g/mol. The van der Waals surface area contributed by atoms with Gasteiger partial charge < -0.3 is 10.5 Å². The van der Waals surface area contributed by atoms with Gasteiger partial charge in [0.1, 0.15) is 0 Å². The second kappa shape index (κ2) is 3.32. The molecule has 0 saturated heterocycles. The normalized spacial score (nSPS) is 10.8. The largest absolute Gasteiger partial charge is 0.453 e. The van der Waals surface area contributed by atoms with E-state index in [1.165, 1.54) is 0 Å². The van der Waals surface area contributed by atoms with Gasteiger partial charge in [0.05, 0.1) is 0 Å². The topological polar surface area (TPSA) is 69.4 Å². The van der Waals surface area contributed by atoms with Crippen LogP contribution in [0.1, 0.15) is 13.8 Å². The molecule has 0 aliphatic heterocycles. The molecule has 0 saturated carbocycles. The van der Waals surface area contributed by atoms with Crippen molar-refractivity contribution in [2.24, 2.45) is 5.73 Å². The van der Waals surface area contributed by atoms with Gasteiger partial charge in [-0.25, -0.2) is 9.18 Å². The summed E-state index contributed by atoms with van der Waals surface area (Å²) in [5, 5.41) is 0. The van der Waals surface area contributed by atoms with Crippen LogP contribution in [0.2, 0.25) is 0 Å². The third-order valence-corrected chi connectivity index (χ3v) is 0.831. The van der Waals surface area contributed by atoms with Crippen LogP contribution in [-0.4, -0.2) is 24.2 Å². The van der Waals surface area contributed by atoms with Crippen molar-refractivity contribution in [1.29, 1.82) is 0 Å². The van der Waals surface area contributed by atoms with Crippen LogP contribution in [0.25, 0.3) is 0 Å². The van der Waals surface area contributed by atoms with Gasteiger partial charge in [-0.05, 0) is 13.8 Å². The average molecular weight is 163 g/mol. The maximum absolute atomic E-state index is 12.6. The number of carbonyl (C=O) groups is 2. The lowest BCUT2D eigenvalue weighted by molar-refractivity contribution is -0.158. The molecule has 0 unspecified atom stereocenters. The number of rotatable bonds is 3. The first kappa shape index (κ1) is 9.87. The molecule has 0 aliphatic carbocycles. The van der Waals surface area contributed by atoms with E-state index in [-0.39, 0.29) is 0 Å². The highest BCUT2D eigenvalue weighted by Crippen LogP contribution is 2.09. The Balaban J connectivity index is 3.80.